The molecule has 0 aliphatic carbocycles. The van der Waals surface area contributed by atoms with Gasteiger partial charge in [0.05, 0.1) is 5.92 Å². The van der Waals surface area contributed by atoms with E-state index in [9.17, 15) is 13.2 Å². The fourth-order valence-electron chi connectivity index (χ4n) is 2.24. The van der Waals surface area contributed by atoms with Crippen LogP contribution in [0.4, 0.5) is 13.2 Å². The largest absolute Gasteiger partial charge is 0.396 e. The predicted molar refractivity (Wildman–Crippen MR) is 59.8 cm³/mol. The Kier molecular flexibility index (Phi) is 5.69. The van der Waals surface area contributed by atoms with Crippen molar-refractivity contribution in [3.63, 3.8) is 0 Å². The van der Waals surface area contributed by atoms with E-state index in [1.807, 2.05) is 11.9 Å². The number of halogens is 3. The van der Waals surface area contributed by atoms with E-state index in [2.05, 4.69) is 5.32 Å². The van der Waals surface area contributed by atoms with E-state index in [4.69, 9.17) is 5.11 Å². The van der Waals surface area contributed by atoms with Crippen LogP contribution in [0.1, 0.15) is 19.3 Å². The van der Waals surface area contributed by atoms with Gasteiger partial charge in [-0.25, -0.2) is 0 Å². The molecule has 1 aliphatic rings. The average molecular weight is 254 g/mol. The number of hydrogen-bond donors (Lipinski definition) is 2. The highest BCUT2D eigenvalue weighted by molar-refractivity contribution is 4.79. The molecule has 2 N–H and O–H groups in total. The molecule has 0 saturated carbocycles. The molecule has 6 heteroatoms. The Bertz CT molecular complexity index is 215. The SMILES string of the molecule is CNC(CCO)CN1CCC(C(F)(F)F)CC1. The summed E-state index contributed by atoms with van der Waals surface area (Å²) in [6, 6.07) is 0.155. The van der Waals surface area contributed by atoms with Crippen LogP contribution >= 0.6 is 0 Å². The predicted octanol–water partition coefficient (Wildman–Crippen LogP) is 1.23. The summed E-state index contributed by atoms with van der Waals surface area (Å²) < 4.78 is 37.4. The monoisotopic (exact) mass is 254 g/mol. The Morgan fingerprint density at radius 3 is 2.35 bits per heavy atom. The number of alkyl halides is 3. The summed E-state index contributed by atoms with van der Waals surface area (Å²) in [5.74, 6) is -1.13. The smallest absolute Gasteiger partial charge is 0.391 e. The van der Waals surface area contributed by atoms with E-state index < -0.39 is 12.1 Å². The van der Waals surface area contributed by atoms with Crippen LogP contribution in [0.2, 0.25) is 0 Å². The summed E-state index contributed by atoms with van der Waals surface area (Å²) in [7, 11) is 1.81. The normalized spacial score (nSPS) is 21.7. The van der Waals surface area contributed by atoms with Gasteiger partial charge in [-0.15, -0.1) is 0 Å². The summed E-state index contributed by atoms with van der Waals surface area (Å²) >= 11 is 0. The zero-order chi connectivity index (χ0) is 12.9. The van der Waals surface area contributed by atoms with Gasteiger partial charge in [0.15, 0.2) is 0 Å². The third-order valence-corrected chi connectivity index (χ3v) is 3.41. The van der Waals surface area contributed by atoms with Crippen molar-refractivity contribution < 1.29 is 18.3 Å². The molecule has 0 amide bonds. The second kappa shape index (κ2) is 6.56. The summed E-state index contributed by atoms with van der Waals surface area (Å²) in [5, 5.41) is 11.9. The molecular formula is C11H21F3N2O. The number of rotatable bonds is 5. The topological polar surface area (TPSA) is 35.5 Å². The van der Waals surface area contributed by atoms with Gasteiger partial charge < -0.3 is 15.3 Å². The van der Waals surface area contributed by atoms with Crippen LogP contribution in [0.15, 0.2) is 0 Å². The Morgan fingerprint density at radius 1 is 1.35 bits per heavy atom. The minimum absolute atomic E-state index is 0.102. The fraction of sp³-hybridized carbons (Fsp3) is 1.00. The van der Waals surface area contributed by atoms with Crippen molar-refractivity contribution in [2.24, 2.45) is 5.92 Å². The maximum absolute atomic E-state index is 12.5. The number of nitrogens with zero attached hydrogens (tertiary/aromatic N) is 1. The van der Waals surface area contributed by atoms with Gasteiger partial charge in [-0.05, 0) is 39.4 Å². The first-order chi connectivity index (χ1) is 7.97. The Balaban J connectivity index is 2.31. The molecule has 0 radical (unpaired) electrons. The molecule has 17 heavy (non-hydrogen) atoms. The highest BCUT2D eigenvalue weighted by Gasteiger charge is 2.41. The first-order valence-electron chi connectivity index (χ1n) is 6.04. The van der Waals surface area contributed by atoms with Gasteiger partial charge in [-0.1, -0.05) is 0 Å². The Labute approximate surface area is 100.0 Å². The van der Waals surface area contributed by atoms with E-state index >= 15 is 0 Å². The third-order valence-electron chi connectivity index (χ3n) is 3.41. The fourth-order valence-corrected chi connectivity index (χ4v) is 2.24. The molecular weight excluding hydrogens is 233 g/mol. The number of likely N-dealkylation sites (N-methyl/N-ethyl adjacent to an activating group) is 1. The molecule has 0 aromatic heterocycles. The lowest BCUT2D eigenvalue weighted by molar-refractivity contribution is -0.185. The van der Waals surface area contributed by atoms with Gasteiger partial charge in [-0.3, -0.25) is 0 Å². The average Bonchev–Trinajstić information content (AvgIpc) is 2.28. The zero-order valence-corrected chi connectivity index (χ0v) is 10.1. The lowest BCUT2D eigenvalue weighted by Crippen LogP contribution is -2.45. The quantitative estimate of drug-likeness (QED) is 0.774. The summed E-state index contributed by atoms with van der Waals surface area (Å²) in [4.78, 5) is 2.04. The summed E-state index contributed by atoms with van der Waals surface area (Å²) in [6.45, 7) is 1.80. The molecule has 0 aromatic carbocycles. The van der Waals surface area contributed by atoms with Gasteiger partial charge in [0.1, 0.15) is 0 Å². The van der Waals surface area contributed by atoms with Crippen LogP contribution < -0.4 is 5.32 Å². The van der Waals surface area contributed by atoms with Crippen molar-refractivity contribution in [3.8, 4) is 0 Å². The third kappa shape index (κ3) is 4.81. The van der Waals surface area contributed by atoms with E-state index in [-0.39, 0.29) is 25.5 Å². The van der Waals surface area contributed by atoms with E-state index in [1.165, 1.54) is 0 Å². The molecule has 102 valence electrons. The second-order valence-electron chi connectivity index (χ2n) is 4.61. The van der Waals surface area contributed by atoms with Crippen molar-refractivity contribution in [1.29, 1.82) is 0 Å². The number of nitrogens with one attached hydrogen (secondary N) is 1. The van der Waals surface area contributed by atoms with Crippen LogP contribution in [-0.4, -0.2) is 55.5 Å². The van der Waals surface area contributed by atoms with Crippen molar-refractivity contribution in [3.05, 3.63) is 0 Å². The zero-order valence-electron chi connectivity index (χ0n) is 10.1. The van der Waals surface area contributed by atoms with Gasteiger partial charge in [0, 0.05) is 19.2 Å². The van der Waals surface area contributed by atoms with Crippen LogP contribution in [0.25, 0.3) is 0 Å². The van der Waals surface area contributed by atoms with Crippen molar-refractivity contribution in [1.82, 2.24) is 10.2 Å². The van der Waals surface area contributed by atoms with E-state index in [0.717, 1.165) is 0 Å². The number of piperidine rings is 1. The van der Waals surface area contributed by atoms with Crippen LogP contribution in [0.3, 0.4) is 0 Å². The standard InChI is InChI=1S/C11H21F3N2O/c1-15-10(4-7-17)8-16-5-2-9(3-6-16)11(12,13)14/h9-10,15,17H,2-8H2,1H3. The molecule has 0 bridgehead atoms. The number of likely N-dealkylation sites (tertiary alicyclic amines) is 1. The Morgan fingerprint density at radius 2 is 1.94 bits per heavy atom. The highest BCUT2D eigenvalue weighted by atomic mass is 19.4. The van der Waals surface area contributed by atoms with Crippen molar-refractivity contribution in [2.45, 2.75) is 31.5 Å². The van der Waals surface area contributed by atoms with E-state index in [1.54, 1.807) is 0 Å². The van der Waals surface area contributed by atoms with Crippen LogP contribution in [0, 0.1) is 5.92 Å². The van der Waals surface area contributed by atoms with Gasteiger partial charge >= 0.3 is 6.18 Å². The van der Waals surface area contributed by atoms with Gasteiger partial charge in [0.25, 0.3) is 0 Å². The molecule has 1 rings (SSSR count). The molecule has 1 atom stereocenters. The van der Waals surface area contributed by atoms with Gasteiger partial charge in [-0.2, -0.15) is 13.2 Å². The maximum Gasteiger partial charge on any atom is 0.391 e. The first-order valence-corrected chi connectivity index (χ1v) is 6.04. The highest BCUT2D eigenvalue weighted by Crippen LogP contribution is 2.34. The van der Waals surface area contributed by atoms with Crippen molar-refractivity contribution in [2.75, 3.05) is 33.3 Å². The van der Waals surface area contributed by atoms with E-state index in [0.29, 0.717) is 26.1 Å². The van der Waals surface area contributed by atoms with Crippen LogP contribution in [-0.2, 0) is 0 Å². The molecule has 3 nitrogen and oxygen atoms in total. The second-order valence-corrected chi connectivity index (χ2v) is 4.61. The minimum atomic E-state index is -4.04. The molecule has 0 spiro atoms. The maximum atomic E-state index is 12.5. The lowest BCUT2D eigenvalue weighted by Gasteiger charge is -2.34. The molecule has 1 saturated heterocycles. The van der Waals surface area contributed by atoms with Gasteiger partial charge in [0.2, 0.25) is 0 Å². The molecule has 1 aliphatic heterocycles. The Hall–Kier alpha value is -0.330. The first kappa shape index (κ1) is 14.7. The molecule has 0 aromatic rings. The number of hydrogen-bond acceptors (Lipinski definition) is 3. The number of aliphatic hydroxyl groups excluding tert-OH is 1. The summed E-state index contributed by atoms with van der Waals surface area (Å²) in [6.07, 6.45) is -3.02. The molecule has 1 unspecified atom stereocenters. The molecule has 1 fully saturated rings. The van der Waals surface area contributed by atoms with Crippen molar-refractivity contribution >= 4 is 0 Å². The number of aliphatic hydroxyl groups is 1. The molecule has 1 heterocycles. The minimum Gasteiger partial charge on any atom is -0.396 e. The van der Waals surface area contributed by atoms with Crippen LogP contribution in [0.5, 0.6) is 0 Å². The lowest BCUT2D eigenvalue weighted by atomic mass is 9.96. The summed E-state index contributed by atoms with van der Waals surface area (Å²) in [5.41, 5.74) is 0.